The van der Waals surface area contributed by atoms with Crippen LogP contribution in [0.15, 0.2) is 207 Å². The lowest BCUT2D eigenvalue weighted by atomic mass is 9.98. The molecule has 0 heterocycles. The molecule has 0 unspecified atom stereocenters. The van der Waals surface area contributed by atoms with Crippen LogP contribution >= 0.6 is 23.2 Å². The molecule has 8 heteroatoms. The molecule has 0 aliphatic rings. The van der Waals surface area contributed by atoms with E-state index in [-0.39, 0.29) is 0 Å². The van der Waals surface area contributed by atoms with Gasteiger partial charge in [-0.15, -0.1) is 0 Å². The molecule has 314 valence electrons. The minimum atomic E-state index is -0.496. The highest BCUT2D eigenvalue weighted by Crippen LogP contribution is 2.42. The number of carbonyl (C=O) groups is 2. The molecule has 0 N–H and O–H groups in total. The summed E-state index contributed by atoms with van der Waals surface area (Å²) in [6.07, 6.45) is 2.29. The van der Waals surface area contributed by atoms with Gasteiger partial charge in [0.15, 0.2) is 0 Å². The molecule has 0 radical (unpaired) electrons. The van der Waals surface area contributed by atoms with E-state index in [0.29, 0.717) is 21.5 Å². The number of nitrogens with zero attached hydrogens (tertiary/aromatic N) is 2. The van der Waals surface area contributed by atoms with Gasteiger partial charge in [0.2, 0.25) is 0 Å². The van der Waals surface area contributed by atoms with Crippen LogP contribution in [0.3, 0.4) is 0 Å². The van der Waals surface area contributed by atoms with Gasteiger partial charge >= 0.3 is 11.9 Å². The molecule has 6 nitrogen and oxygen atoms in total. The highest BCUT2D eigenvalue weighted by Gasteiger charge is 2.19. The number of rotatable bonds is 13. The number of esters is 2. The Hall–Kier alpha value is -7.64. The molecule has 0 atom stereocenters. The Morgan fingerprint density at radius 1 is 0.406 bits per heavy atom. The van der Waals surface area contributed by atoms with Gasteiger partial charge in [0, 0.05) is 56.3 Å². The van der Waals surface area contributed by atoms with Gasteiger partial charge < -0.3 is 19.3 Å². The number of carbonyl (C=O) groups excluding carboxylic acids is 2. The Kier molecular flexibility index (Phi) is 12.9. The smallest absolute Gasteiger partial charge is 0.335 e. The van der Waals surface area contributed by atoms with Crippen molar-refractivity contribution in [2.45, 2.75) is 13.8 Å². The van der Waals surface area contributed by atoms with Crippen LogP contribution in [0.4, 0.5) is 34.1 Å². The average Bonchev–Trinajstić information content (AvgIpc) is 3.32. The third-order valence-electron chi connectivity index (χ3n) is 10.8. The number of hydrogen-bond acceptors (Lipinski definition) is 6. The topological polar surface area (TPSA) is 59.1 Å². The monoisotopic (exact) mass is 876 g/mol. The highest BCUT2D eigenvalue weighted by molar-refractivity contribution is 6.31. The maximum atomic E-state index is 11.7. The zero-order valence-electron chi connectivity index (χ0n) is 35.2. The first-order valence-corrected chi connectivity index (χ1v) is 21.2. The molecule has 0 spiro atoms. The average molecular weight is 878 g/mol. The van der Waals surface area contributed by atoms with Crippen molar-refractivity contribution in [1.29, 1.82) is 0 Å². The van der Waals surface area contributed by atoms with E-state index in [1.165, 1.54) is 0 Å². The van der Waals surface area contributed by atoms with Gasteiger partial charge in [-0.25, -0.2) is 9.59 Å². The molecule has 0 saturated carbocycles. The molecular formula is C56H42Cl2N2O4. The maximum absolute atomic E-state index is 11.7. The molecule has 8 rings (SSSR count). The lowest BCUT2D eigenvalue weighted by Gasteiger charge is -2.28. The van der Waals surface area contributed by atoms with Crippen molar-refractivity contribution in [1.82, 2.24) is 0 Å². The standard InChI is InChI=1S/C56H42Cl2N2O4/c1-5-55(61)63-51-29-11-41(12-30-51)39-7-21-47(22-8-39)59(49-25-17-45(57)18-26-49)53-33-15-43(35-37(53)3)44-16-34-54(38(4)36-44)60(50-27-19-46(58)20-28-50)48-23-9-40(10-24-48)42-13-31-52(32-14-42)64-56(62)6-2/h5-36H,1-2H2,3-4H3. The van der Waals surface area contributed by atoms with Crippen LogP contribution < -0.4 is 19.3 Å². The minimum absolute atomic E-state index is 0.461. The molecule has 0 saturated heterocycles. The Morgan fingerprint density at radius 3 is 0.953 bits per heavy atom. The molecule has 0 amide bonds. The summed E-state index contributed by atoms with van der Waals surface area (Å²) in [5, 5.41) is 1.33. The number of anilines is 6. The first-order valence-electron chi connectivity index (χ1n) is 20.5. The largest absolute Gasteiger partial charge is 0.423 e. The normalized spacial score (nSPS) is 10.8. The van der Waals surface area contributed by atoms with E-state index < -0.39 is 11.9 Å². The first kappa shape index (κ1) is 43.0. The fourth-order valence-electron chi connectivity index (χ4n) is 7.56. The Balaban J connectivity index is 1.08. The Labute approximate surface area is 383 Å². The third kappa shape index (κ3) is 9.69. The van der Waals surface area contributed by atoms with E-state index in [1.807, 2.05) is 72.8 Å². The van der Waals surface area contributed by atoms with Crippen molar-refractivity contribution in [2.75, 3.05) is 9.80 Å². The van der Waals surface area contributed by atoms with Crippen LogP contribution in [-0.4, -0.2) is 11.9 Å². The molecule has 0 fully saturated rings. The van der Waals surface area contributed by atoms with Crippen LogP contribution in [0.25, 0.3) is 33.4 Å². The van der Waals surface area contributed by atoms with Crippen molar-refractivity contribution < 1.29 is 19.1 Å². The molecular weight excluding hydrogens is 836 g/mol. The number of hydrogen-bond donors (Lipinski definition) is 0. The summed E-state index contributed by atoms with van der Waals surface area (Å²) in [6.45, 7) is 11.2. The number of ether oxygens (including phenoxy) is 2. The van der Waals surface area contributed by atoms with Crippen molar-refractivity contribution in [3.63, 3.8) is 0 Å². The lowest BCUT2D eigenvalue weighted by molar-refractivity contribution is -0.129. The quantitative estimate of drug-likeness (QED) is 0.0653. The van der Waals surface area contributed by atoms with E-state index >= 15 is 0 Å². The summed E-state index contributed by atoms with van der Waals surface area (Å²) in [7, 11) is 0. The maximum Gasteiger partial charge on any atom is 0.335 e. The fourth-order valence-corrected chi connectivity index (χ4v) is 7.81. The SMILES string of the molecule is C=CC(=O)Oc1ccc(-c2ccc(N(c3ccc(Cl)cc3)c3ccc(-c4ccc(N(c5ccc(Cl)cc5)c5ccc(-c6ccc(OC(=O)C=C)cc6)cc5)c(C)c4)cc3C)cc2)cc1. The fraction of sp³-hybridized carbons (Fsp3) is 0.0357. The second-order valence-electron chi connectivity index (χ2n) is 15.0. The molecule has 0 aromatic heterocycles. The molecule has 0 aliphatic heterocycles. The van der Waals surface area contributed by atoms with Crippen LogP contribution in [-0.2, 0) is 9.59 Å². The molecule has 0 aliphatic carbocycles. The second-order valence-corrected chi connectivity index (χ2v) is 15.9. The van der Waals surface area contributed by atoms with Crippen LogP contribution in [0.1, 0.15) is 11.1 Å². The van der Waals surface area contributed by atoms with E-state index in [9.17, 15) is 9.59 Å². The molecule has 0 bridgehead atoms. The van der Waals surface area contributed by atoms with Gasteiger partial charge in [-0.1, -0.05) is 97.0 Å². The van der Waals surface area contributed by atoms with Gasteiger partial charge in [-0.2, -0.15) is 0 Å². The van der Waals surface area contributed by atoms with Gasteiger partial charge in [0.05, 0.1) is 0 Å². The molecule has 8 aromatic rings. The predicted molar refractivity (Wildman–Crippen MR) is 263 cm³/mol. The Morgan fingerprint density at radius 2 is 0.672 bits per heavy atom. The Bertz CT molecular complexity index is 2760. The first-order chi connectivity index (χ1) is 31.1. The van der Waals surface area contributed by atoms with Gasteiger partial charge in [0.25, 0.3) is 0 Å². The van der Waals surface area contributed by atoms with Crippen molar-refractivity contribution >= 4 is 69.3 Å². The molecule has 64 heavy (non-hydrogen) atoms. The third-order valence-corrected chi connectivity index (χ3v) is 11.3. The molecule has 8 aromatic carbocycles. The highest BCUT2D eigenvalue weighted by atomic mass is 35.5. The van der Waals surface area contributed by atoms with Crippen LogP contribution in [0.2, 0.25) is 10.0 Å². The summed E-state index contributed by atoms with van der Waals surface area (Å²) >= 11 is 12.7. The number of halogens is 2. The summed E-state index contributed by atoms with van der Waals surface area (Å²) in [4.78, 5) is 27.8. The van der Waals surface area contributed by atoms with E-state index in [2.05, 4.69) is 122 Å². The van der Waals surface area contributed by atoms with Gasteiger partial charge in [-0.05, 0) is 180 Å². The predicted octanol–water partition coefficient (Wildman–Crippen LogP) is 15.7. The van der Waals surface area contributed by atoms with Crippen LogP contribution in [0, 0.1) is 13.8 Å². The summed E-state index contributed by atoms with van der Waals surface area (Å²) < 4.78 is 10.5. The summed E-state index contributed by atoms with van der Waals surface area (Å²) in [5.74, 6) is -0.0692. The lowest BCUT2D eigenvalue weighted by Crippen LogP contribution is -2.11. The number of benzene rings is 8. The van der Waals surface area contributed by atoms with Crippen molar-refractivity contribution in [3.8, 4) is 44.9 Å². The van der Waals surface area contributed by atoms with E-state index in [0.717, 1.165) is 90.8 Å². The van der Waals surface area contributed by atoms with Gasteiger partial charge in [0.1, 0.15) is 11.5 Å². The minimum Gasteiger partial charge on any atom is -0.423 e. The summed E-state index contributed by atoms with van der Waals surface area (Å²) in [6, 6.07) is 60.4. The van der Waals surface area contributed by atoms with E-state index in [4.69, 9.17) is 32.7 Å². The zero-order valence-corrected chi connectivity index (χ0v) is 36.7. The van der Waals surface area contributed by atoms with Crippen molar-refractivity contribution in [2.24, 2.45) is 0 Å². The summed E-state index contributed by atoms with van der Waals surface area (Å²) in [5.41, 5.74) is 14.4. The van der Waals surface area contributed by atoms with Crippen LogP contribution in [0.5, 0.6) is 11.5 Å². The second kappa shape index (κ2) is 19.2. The van der Waals surface area contributed by atoms with Gasteiger partial charge in [-0.3, -0.25) is 0 Å². The number of aryl methyl sites for hydroxylation is 2. The van der Waals surface area contributed by atoms with E-state index in [1.54, 1.807) is 24.3 Å². The zero-order chi connectivity index (χ0) is 44.7. The van der Waals surface area contributed by atoms with Crippen molar-refractivity contribution in [3.05, 3.63) is 228 Å².